The largest absolute Gasteiger partial charge is 0.462 e. The molecular weight excluding hydrogens is 518 g/mol. The molecule has 3 aliphatic heterocycles. The second-order valence-electron chi connectivity index (χ2n) is 9.60. The molecule has 0 bridgehead atoms. The van der Waals surface area contributed by atoms with Crippen LogP contribution in [0, 0.1) is 5.92 Å². The molecule has 196 valence electrons. The maximum Gasteiger partial charge on any atom is 0.338 e. The van der Waals surface area contributed by atoms with Crippen LogP contribution >= 0.6 is 23.1 Å². The summed E-state index contributed by atoms with van der Waals surface area (Å²) in [5.74, 6) is -2.06. The average molecular weight is 546 g/mol. The fourth-order valence-electron chi connectivity index (χ4n) is 5.03. The smallest absolute Gasteiger partial charge is 0.338 e. The van der Waals surface area contributed by atoms with Crippen LogP contribution in [0.3, 0.4) is 0 Å². The fourth-order valence-corrected chi connectivity index (χ4v) is 8.07. The van der Waals surface area contributed by atoms with Crippen LogP contribution in [0.15, 0.2) is 34.1 Å². The van der Waals surface area contributed by atoms with Crippen LogP contribution in [0.4, 0.5) is 5.69 Å². The molecule has 10 nitrogen and oxygen atoms in total. The summed E-state index contributed by atoms with van der Waals surface area (Å²) in [7, 11) is 0. The van der Waals surface area contributed by atoms with Crippen molar-refractivity contribution in [3.8, 4) is 0 Å². The van der Waals surface area contributed by atoms with Gasteiger partial charge in [0.1, 0.15) is 11.8 Å². The first-order valence-corrected chi connectivity index (χ1v) is 13.8. The Hall–Kier alpha value is -2.96. The highest BCUT2D eigenvalue weighted by Gasteiger charge is 2.59. The van der Waals surface area contributed by atoms with Gasteiger partial charge in [0.25, 0.3) is 0 Å². The lowest BCUT2D eigenvalue weighted by atomic mass is 9.76. The fraction of sp³-hybridized carbons (Fsp3) is 0.480. The van der Waals surface area contributed by atoms with Gasteiger partial charge in [-0.15, -0.1) is 0 Å². The summed E-state index contributed by atoms with van der Waals surface area (Å²) >= 11 is 2.21. The third kappa shape index (κ3) is 4.30. The van der Waals surface area contributed by atoms with Gasteiger partial charge in [-0.2, -0.15) is 0 Å². The molecule has 2 aromatic rings. The van der Waals surface area contributed by atoms with E-state index in [1.165, 1.54) is 28.5 Å². The summed E-state index contributed by atoms with van der Waals surface area (Å²) in [5.41, 5.74) is -0.0978. The maximum absolute atomic E-state index is 13.6. The molecule has 0 N–H and O–H groups in total. The van der Waals surface area contributed by atoms with E-state index < -0.39 is 22.6 Å². The number of morpholine rings is 1. The van der Waals surface area contributed by atoms with Gasteiger partial charge in [0.05, 0.1) is 42.0 Å². The van der Waals surface area contributed by atoms with Crippen LogP contribution in [0.5, 0.6) is 0 Å². The molecule has 2 fully saturated rings. The SMILES string of the molecule is CCOC(=O)c1ccc(N2C(=O)C3Sc4c(sc(=O)n4CC(=O)N4CCOCC4)C(C)(C)C3C2=O)cc1. The van der Waals surface area contributed by atoms with Crippen LogP contribution in [0.1, 0.15) is 36.0 Å². The molecule has 0 spiro atoms. The number of thiazole rings is 1. The van der Waals surface area contributed by atoms with Crippen molar-refractivity contribution in [2.75, 3.05) is 37.8 Å². The minimum absolute atomic E-state index is 0.119. The van der Waals surface area contributed by atoms with Crippen molar-refractivity contribution in [3.05, 3.63) is 44.4 Å². The Bertz CT molecular complexity index is 1320. The molecule has 1 aromatic heterocycles. The van der Waals surface area contributed by atoms with Crippen molar-refractivity contribution in [3.63, 3.8) is 0 Å². The summed E-state index contributed by atoms with van der Waals surface area (Å²) in [6.07, 6.45) is 0. The number of aromatic nitrogens is 1. The number of carbonyl (C=O) groups is 4. The van der Waals surface area contributed by atoms with E-state index in [2.05, 4.69) is 0 Å². The Morgan fingerprint density at radius 1 is 1.08 bits per heavy atom. The van der Waals surface area contributed by atoms with Crippen LogP contribution in [0.2, 0.25) is 0 Å². The minimum Gasteiger partial charge on any atom is -0.462 e. The highest BCUT2D eigenvalue weighted by Crippen LogP contribution is 2.54. The summed E-state index contributed by atoms with van der Waals surface area (Å²) < 4.78 is 11.8. The van der Waals surface area contributed by atoms with Crippen molar-refractivity contribution in [1.82, 2.24) is 9.47 Å². The number of thioether (sulfide) groups is 1. The van der Waals surface area contributed by atoms with Crippen molar-refractivity contribution in [2.45, 2.75) is 43.0 Å². The van der Waals surface area contributed by atoms with Crippen LogP contribution in [-0.4, -0.2) is 71.3 Å². The van der Waals surface area contributed by atoms with E-state index in [-0.39, 0.29) is 35.7 Å². The van der Waals surface area contributed by atoms with Gasteiger partial charge in [-0.1, -0.05) is 36.9 Å². The first-order chi connectivity index (χ1) is 17.6. The lowest BCUT2D eigenvalue weighted by Crippen LogP contribution is -2.44. The van der Waals surface area contributed by atoms with E-state index >= 15 is 0 Å². The molecular formula is C25H27N3O7S2. The monoisotopic (exact) mass is 545 g/mol. The zero-order valence-electron chi connectivity index (χ0n) is 20.7. The highest BCUT2D eigenvalue weighted by molar-refractivity contribution is 8.00. The number of anilines is 1. The Morgan fingerprint density at radius 2 is 1.76 bits per heavy atom. The number of benzene rings is 1. The highest BCUT2D eigenvalue weighted by atomic mass is 32.2. The number of ether oxygens (including phenoxy) is 2. The van der Waals surface area contributed by atoms with E-state index in [0.29, 0.717) is 47.5 Å². The molecule has 2 atom stereocenters. The number of fused-ring (bicyclic) bond motifs is 2. The number of carbonyl (C=O) groups excluding carboxylic acids is 4. The zero-order chi connectivity index (χ0) is 26.5. The van der Waals surface area contributed by atoms with Gasteiger partial charge >= 0.3 is 10.8 Å². The van der Waals surface area contributed by atoms with Gasteiger partial charge in [-0.05, 0) is 31.2 Å². The first kappa shape index (κ1) is 25.7. The van der Waals surface area contributed by atoms with Crippen LogP contribution in [0.25, 0.3) is 0 Å². The van der Waals surface area contributed by atoms with Gasteiger partial charge in [-0.3, -0.25) is 23.7 Å². The number of hydrogen-bond donors (Lipinski definition) is 0. The van der Waals surface area contributed by atoms with Crippen LogP contribution < -0.4 is 9.77 Å². The van der Waals surface area contributed by atoms with Crippen molar-refractivity contribution < 1.29 is 28.7 Å². The van der Waals surface area contributed by atoms with Crippen molar-refractivity contribution in [1.29, 1.82) is 0 Å². The molecule has 0 saturated carbocycles. The molecule has 12 heteroatoms. The van der Waals surface area contributed by atoms with Gasteiger partial charge in [0.2, 0.25) is 17.7 Å². The number of imide groups is 1. The predicted octanol–water partition coefficient (Wildman–Crippen LogP) is 1.89. The maximum atomic E-state index is 13.6. The molecule has 1 aromatic carbocycles. The lowest BCUT2D eigenvalue weighted by molar-refractivity contribution is -0.136. The molecule has 0 aliphatic carbocycles. The van der Waals surface area contributed by atoms with Gasteiger partial charge in [0.15, 0.2) is 0 Å². The molecule has 2 unspecified atom stereocenters. The van der Waals surface area contributed by atoms with Gasteiger partial charge < -0.3 is 14.4 Å². The third-order valence-corrected chi connectivity index (χ3v) is 9.82. The predicted molar refractivity (Wildman–Crippen MR) is 137 cm³/mol. The normalized spacial score (nSPS) is 22.6. The number of hydrogen-bond acceptors (Lipinski definition) is 9. The average Bonchev–Trinajstić information content (AvgIpc) is 3.33. The molecule has 4 heterocycles. The van der Waals surface area contributed by atoms with E-state index in [0.717, 1.165) is 16.2 Å². The third-order valence-electron chi connectivity index (χ3n) is 7.00. The molecule has 3 aliphatic rings. The molecule has 3 amide bonds. The van der Waals surface area contributed by atoms with E-state index in [1.54, 1.807) is 24.0 Å². The molecule has 37 heavy (non-hydrogen) atoms. The summed E-state index contributed by atoms with van der Waals surface area (Å²) in [4.78, 5) is 68.3. The standard InChI is InChI=1S/C25H27N3O7S2/c1-4-35-23(32)14-5-7-15(8-6-14)28-20(30)17-18(21(28)31)36-22-19(25(17,2)3)37-24(33)27(22)13-16(29)26-9-11-34-12-10-26/h5-8,17-18H,4,9-13H2,1-3H3. The second kappa shape index (κ2) is 9.73. The Morgan fingerprint density at radius 3 is 2.41 bits per heavy atom. The topological polar surface area (TPSA) is 115 Å². The summed E-state index contributed by atoms with van der Waals surface area (Å²) in [6, 6.07) is 6.17. The molecule has 5 rings (SSSR count). The van der Waals surface area contributed by atoms with E-state index in [1.807, 2.05) is 13.8 Å². The summed E-state index contributed by atoms with van der Waals surface area (Å²) in [6.45, 7) is 7.44. The zero-order valence-corrected chi connectivity index (χ0v) is 22.4. The van der Waals surface area contributed by atoms with Crippen LogP contribution in [-0.2, 0) is 35.8 Å². The van der Waals surface area contributed by atoms with Gasteiger partial charge in [0, 0.05) is 23.4 Å². The second-order valence-corrected chi connectivity index (χ2v) is 11.7. The minimum atomic E-state index is -0.797. The number of amides is 3. The van der Waals surface area contributed by atoms with E-state index in [4.69, 9.17) is 9.47 Å². The first-order valence-electron chi connectivity index (χ1n) is 12.1. The van der Waals surface area contributed by atoms with Gasteiger partial charge in [-0.25, -0.2) is 9.69 Å². The Balaban J connectivity index is 1.44. The Labute approximate surface area is 221 Å². The number of rotatable bonds is 5. The Kier molecular flexibility index (Phi) is 6.75. The van der Waals surface area contributed by atoms with Crippen molar-refractivity contribution >= 4 is 52.5 Å². The summed E-state index contributed by atoms with van der Waals surface area (Å²) in [5, 5.41) is -0.165. The van der Waals surface area contributed by atoms with E-state index in [9.17, 15) is 24.0 Å². The number of nitrogens with zero attached hydrogens (tertiary/aromatic N) is 3. The molecule has 0 radical (unpaired) electrons. The molecule has 2 saturated heterocycles. The lowest BCUT2D eigenvalue weighted by Gasteiger charge is -2.36. The number of esters is 1. The van der Waals surface area contributed by atoms with Crippen molar-refractivity contribution in [2.24, 2.45) is 5.92 Å². The quantitative estimate of drug-likeness (QED) is 0.413.